The Balaban J connectivity index is 1.93. The van der Waals surface area contributed by atoms with Crippen LogP contribution in [0, 0.1) is 24.2 Å². The van der Waals surface area contributed by atoms with Crippen molar-refractivity contribution in [3.63, 3.8) is 0 Å². The molecule has 2 heterocycles. The quantitative estimate of drug-likeness (QED) is 0.362. The minimum absolute atomic E-state index is 0.0893. The molecular weight excluding hydrogens is 486 g/mol. The SMILES string of the molecule is C=CC[C@H]1C(=O)C(C)(C)[C@H](O)CC(=O)O[C@H](c2ccc3sc(C)nc3c2)C/C=C(/C)CCC[C@H](C)[C@@H]1O. The average molecular weight is 528 g/mol. The number of aromatic nitrogens is 1. The molecule has 0 saturated carbocycles. The first-order valence-corrected chi connectivity index (χ1v) is 14.0. The Kier molecular flexibility index (Phi) is 9.84. The van der Waals surface area contributed by atoms with Crippen LogP contribution in [0.2, 0.25) is 0 Å². The van der Waals surface area contributed by atoms with Gasteiger partial charge in [0.25, 0.3) is 0 Å². The maximum atomic E-state index is 13.6. The smallest absolute Gasteiger partial charge is 0.309 e. The van der Waals surface area contributed by atoms with E-state index in [1.807, 2.05) is 32.0 Å². The van der Waals surface area contributed by atoms with Gasteiger partial charge >= 0.3 is 5.97 Å². The summed E-state index contributed by atoms with van der Waals surface area (Å²) in [6.45, 7) is 13.0. The van der Waals surface area contributed by atoms with E-state index in [9.17, 15) is 19.8 Å². The number of rotatable bonds is 3. The maximum absolute atomic E-state index is 13.6. The molecule has 1 aliphatic heterocycles. The monoisotopic (exact) mass is 527 g/mol. The second kappa shape index (κ2) is 12.5. The molecule has 3 rings (SSSR count). The van der Waals surface area contributed by atoms with Crippen LogP contribution in [0.3, 0.4) is 0 Å². The lowest BCUT2D eigenvalue weighted by molar-refractivity contribution is -0.156. The second-order valence-corrected chi connectivity index (χ2v) is 12.3. The normalized spacial score (nSPS) is 29.9. The number of esters is 1. The van der Waals surface area contributed by atoms with Gasteiger partial charge in [-0.3, -0.25) is 9.59 Å². The van der Waals surface area contributed by atoms with E-state index in [-0.39, 0.29) is 18.1 Å². The third-order valence-electron chi connectivity index (χ3n) is 7.66. The van der Waals surface area contributed by atoms with E-state index >= 15 is 0 Å². The van der Waals surface area contributed by atoms with Gasteiger partial charge < -0.3 is 14.9 Å². The van der Waals surface area contributed by atoms with E-state index in [0.29, 0.717) is 12.8 Å². The van der Waals surface area contributed by atoms with Gasteiger partial charge in [0.1, 0.15) is 11.9 Å². The van der Waals surface area contributed by atoms with Gasteiger partial charge in [0.2, 0.25) is 0 Å². The number of carbonyl (C=O) groups is 2. The van der Waals surface area contributed by atoms with Crippen molar-refractivity contribution in [1.29, 1.82) is 0 Å². The van der Waals surface area contributed by atoms with Crippen molar-refractivity contribution in [1.82, 2.24) is 4.98 Å². The van der Waals surface area contributed by atoms with Crippen molar-refractivity contribution >= 4 is 33.3 Å². The molecule has 2 aromatic rings. The summed E-state index contributed by atoms with van der Waals surface area (Å²) in [6, 6.07) is 5.93. The number of aryl methyl sites for hydroxylation is 1. The van der Waals surface area contributed by atoms with E-state index < -0.39 is 35.6 Å². The van der Waals surface area contributed by atoms with Crippen LogP contribution < -0.4 is 0 Å². The van der Waals surface area contributed by atoms with E-state index in [1.54, 1.807) is 31.3 Å². The fraction of sp³-hybridized carbons (Fsp3) is 0.567. The number of nitrogens with zero attached hydrogens (tertiary/aromatic N) is 1. The molecule has 0 unspecified atom stereocenters. The Morgan fingerprint density at radius 3 is 2.68 bits per heavy atom. The first-order valence-electron chi connectivity index (χ1n) is 13.2. The number of carbonyl (C=O) groups excluding carboxylic acids is 2. The first-order chi connectivity index (χ1) is 17.4. The molecule has 0 fully saturated rings. The first kappa shape index (κ1) is 29.2. The summed E-state index contributed by atoms with van der Waals surface area (Å²) >= 11 is 1.62. The number of aliphatic hydroxyl groups is 2. The van der Waals surface area contributed by atoms with Crippen LogP contribution in [0.25, 0.3) is 10.2 Å². The summed E-state index contributed by atoms with van der Waals surface area (Å²) in [7, 11) is 0. The summed E-state index contributed by atoms with van der Waals surface area (Å²) in [6.07, 6.45) is 4.10. The lowest BCUT2D eigenvalue weighted by Gasteiger charge is -2.35. The number of ketones is 1. The highest BCUT2D eigenvalue weighted by Crippen LogP contribution is 2.35. The second-order valence-electron chi connectivity index (χ2n) is 11.0. The molecule has 7 heteroatoms. The van der Waals surface area contributed by atoms with Gasteiger partial charge in [-0.15, -0.1) is 17.9 Å². The van der Waals surface area contributed by atoms with Crippen molar-refractivity contribution in [3.8, 4) is 0 Å². The molecular formula is C30H41NO5S. The van der Waals surface area contributed by atoms with Crippen molar-refractivity contribution in [2.75, 3.05) is 0 Å². The number of thiazole rings is 1. The molecule has 0 saturated heterocycles. The number of ether oxygens (including phenoxy) is 1. The van der Waals surface area contributed by atoms with Gasteiger partial charge in [0.15, 0.2) is 0 Å². The molecule has 0 bridgehead atoms. The fourth-order valence-electron chi connectivity index (χ4n) is 5.04. The molecule has 0 radical (unpaired) electrons. The van der Waals surface area contributed by atoms with E-state index in [1.165, 1.54) is 5.57 Å². The third kappa shape index (κ3) is 7.15. The Hall–Kier alpha value is -2.35. The van der Waals surface area contributed by atoms with Crippen molar-refractivity contribution in [2.24, 2.45) is 17.3 Å². The third-order valence-corrected chi connectivity index (χ3v) is 8.61. The van der Waals surface area contributed by atoms with Crippen LogP contribution in [-0.2, 0) is 14.3 Å². The molecule has 2 N–H and O–H groups in total. The number of hydrogen-bond acceptors (Lipinski definition) is 7. The summed E-state index contributed by atoms with van der Waals surface area (Å²) < 4.78 is 6.99. The molecule has 6 nitrogen and oxygen atoms in total. The van der Waals surface area contributed by atoms with Crippen LogP contribution in [0.4, 0.5) is 0 Å². The lowest BCUT2D eigenvalue weighted by atomic mass is 9.71. The van der Waals surface area contributed by atoms with Gasteiger partial charge in [-0.2, -0.15) is 0 Å². The molecule has 0 aliphatic carbocycles. The molecule has 1 aromatic heterocycles. The van der Waals surface area contributed by atoms with E-state index in [4.69, 9.17) is 4.74 Å². The zero-order valence-corrected chi connectivity index (χ0v) is 23.5. The summed E-state index contributed by atoms with van der Waals surface area (Å²) in [5, 5.41) is 23.1. The van der Waals surface area contributed by atoms with E-state index in [2.05, 4.69) is 24.6 Å². The van der Waals surface area contributed by atoms with Crippen LogP contribution in [0.1, 0.15) is 82.9 Å². The van der Waals surface area contributed by atoms with Gasteiger partial charge in [-0.1, -0.05) is 44.6 Å². The molecule has 202 valence electrons. The van der Waals surface area contributed by atoms with Gasteiger partial charge in [0, 0.05) is 12.3 Å². The summed E-state index contributed by atoms with van der Waals surface area (Å²) in [4.78, 5) is 31.2. The minimum atomic E-state index is -1.25. The zero-order chi connectivity index (χ0) is 27.3. The molecule has 1 aromatic carbocycles. The summed E-state index contributed by atoms with van der Waals surface area (Å²) in [5.74, 6) is -1.62. The number of allylic oxidation sites excluding steroid dienone is 2. The van der Waals surface area contributed by atoms with Crippen molar-refractivity contribution < 1.29 is 24.5 Å². The highest BCUT2D eigenvalue weighted by atomic mass is 32.1. The van der Waals surface area contributed by atoms with Gasteiger partial charge in [0.05, 0.1) is 39.3 Å². The maximum Gasteiger partial charge on any atom is 0.309 e. The largest absolute Gasteiger partial charge is 0.457 e. The Bertz CT molecular complexity index is 1150. The Labute approximate surface area is 224 Å². The van der Waals surface area contributed by atoms with Crippen molar-refractivity contribution in [3.05, 3.63) is 53.1 Å². The Morgan fingerprint density at radius 2 is 1.97 bits per heavy atom. The predicted molar refractivity (Wildman–Crippen MR) is 148 cm³/mol. The number of cyclic esters (lactones) is 1. The molecule has 5 atom stereocenters. The highest BCUT2D eigenvalue weighted by Gasteiger charge is 2.43. The van der Waals surface area contributed by atoms with Crippen LogP contribution in [0.5, 0.6) is 0 Å². The summed E-state index contributed by atoms with van der Waals surface area (Å²) in [5.41, 5.74) is 1.66. The topological polar surface area (TPSA) is 96.7 Å². The number of aliphatic hydroxyl groups excluding tert-OH is 2. The van der Waals surface area contributed by atoms with Crippen LogP contribution >= 0.6 is 11.3 Å². The fourth-order valence-corrected chi connectivity index (χ4v) is 5.84. The van der Waals surface area contributed by atoms with E-state index in [0.717, 1.165) is 40.1 Å². The average Bonchev–Trinajstić information content (AvgIpc) is 3.22. The van der Waals surface area contributed by atoms with Gasteiger partial charge in [-0.25, -0.2) is 4.98 Å². The molecule has 1 aliphatic rings. The number of benzene rings is 1. The lowest BCUT2D eigenvalue weighted by Crippen LogP contribution is -2.46. The molecule has 37 heavy (non-hydrogen) atoms. The number of Topliss-reactive ketones (excluding diaryl/α,β-unsaturated/α-hetero) is 1. The standard InChI is InChI=1S/C30H41NO5S/c1-7-9-22-28(34)19(3)11-8-10-18(2)12-14-24(21-13-15-25-23(16-21)31-20(4)37-25)36-27(33)17-26(32)30(5,6)29(22)35/h7,12-13,15-16,19,22,24,26,28,32,34H,1,8-11,14,17H2,2-6H3/b18-12-/t19-,22+,24-,26+,28-/m0/s1. The highest BCUT2D eigenvalue weighted by molar-refractivity contribution is 7.18. The number of hydrogen-bond donors (Lipinski definition) is 2. The van der Waals surface area contributed by atoms with Crippen LogP contribution in [0.15, 0.2) is 42.5 Å². The Morgan fingerprint density at radius 1 is 1.24 bits per heavy atom. The molecule has 0 amide bonds. The minimum Gasteiger partial charge on any atom is -0.457 e. The van der Waals surface area contributed by atoms with Crippen LogP contribution in [-0.4, -0.2) is 39.2 Å². The predicted octanol–water partition coefficient (Wildman–Crippen LogP) is 6.24. The number of fused-ring (bicyclic) bond motifs is 1. The van der Waals surface area contributed by atoms with Crippen molar-refractivity contribution in [2.45, 2.75) is 91.5 Å². The molecule has 0 spiro atoms. The van der Waals surface area contributed by atoms with Gasteiger partial charge in [-0.05, 0) is 63.1 Å². The zero-order valence-electron chi connectivity index (χ0n) is 22.7.